The average molecular weight is 389 g/mol. The maximum Gasteiger partial charge on any atom is 0.243 e. The summed E-state index contributed by atoms with van der Waals surface area (Å²) in [5.41, 5.74) is 2.12. The van der Waals surface area contributed by atoms with Crippen LogP contribution in [-0.2, 0) is 16.4 Å². The molecule has 5 rings (SSSR count). The number of fused-ring (bicyclic) bond motifs is 6. The molecular weight excluding hydrogens is 372 g/mol. The Morgan fingerprint density at radius 3 is 2.73 bits per heavy atom. The van der Waals surface area contributed by atoms with Crippen LogP contribution in [0, 0.1) is 0 Å². The smallest absolute Gasteiger partial charge is 0.243 e. The molecule has 1 aromatic carbocycles. The van der Waals surface area contributed by atoms with E-state index in [1.807, 2.05) is 10.6 Å². The van der Waals surface area contributed by atoms with Crippen LogP contribution in [0.15, 0.2) is 47.8 Å². The largest absolute Gasteiger partial charge is 0.288 e. The Morgan fingerprint density at radius 2 is 1.92 bits per heavy atom. The molecule has 26 heavy (non-hydrogen) atoms. The lowest BCUT2D eigenvalue weighted by molar-refractivity contribution is 0.160. The lowest BCUT2D eigenvalue weighted by Gasteiger charge is -2.45. The minimum Gasteiger partial charge on any atom is -0.288 e. The number of rotatable bonds is 2. The number of nitrogens with zero attached hydrogens (tertiary/aromatic N) is 4. The Bertz CT molecular complexity index is 1090. The van der Waals surface area contributed by atoms with Crippen molar-refractivity contribution in [2.24, 2.45) is 0 Å². The van der Waals surface area contributed by atoms with E-state index in [4.69, 9.17) is 11.6 Å². The molecule has 2 aliphatic heterocycles. The molecule has 2 bridgehead atoms. The molecule has 1 saturated heterocycles. The first kappa shape index (κ1) is 16.2. The first-order valence-electron chi connectivity index (χ1n) is 8.65. The fourth-order valence-electron chi connectivity index (χ4n) is 4.29. The van der Waals surface area contributed by atoms with Gasteiger partial charge in [-0.1, -0.05) is 11.6 Å². The van der Waals surface area contributed by atoms with Crippen molar-refractivity contribution < 1.29 is 8.42 Å². The van der Waals surface area contributed by atoms with Gasteiger partial charge in [0.2, 0.25) is 15.8 Å². The van der Waals surface area contributed by atoms with Gasteiger partial charge in [0, 0.05) is 47.3 Å². The predicted molar refractivity (Wildman–Crippen MR) is 97.5 cm³/mol. The number of sulfonamides is 1. The number of aromatic nitrogens is 3. The maximum absolute atomic E-state index is 13.4. The third-order valence-electron chi connectivity index (χ3n) is 5.42. The van der Waals surface area contributed by atoms with Crippen LogP contribution in [0.1, 0.15) is 36.6 Å². The summed E-state index contributed by atoms with van der Waals surface area (Å²) in [6, 6.07) is 6.19. The van der Waals surface area contributed by atoms with Crippen molar-refractivity contribution in [1.82, 2.24) is 18.7 Å². The van der Waals surface area contributed by atoms with Crippen molar-refractivity contribution >= 4 is 27.4 Å². The van der Waals surface area contributed by atoms with Crippen molar-refractivity contribution in [3.63, 3.8) is 0 Å². The Balaban J connectivity index is 1.65. The quantitative estimate of drug-likeness (QED) is 0.676. The minimum absolute atomic E-state index is 0.0464. The lowest BCUT2D eigenvalue weighted by atomic mass is 9.85. The standard InChI is InChI=1S/C18H17ClN4O2S/c19-12-4-6-14(7-5-12)26(24,25)23-13-2-1-3-16(23)15-11-21-18-20-8-9-22(18)17(15)10-13/h4-9,11,13,16H,1-3,10H2. The van der Waals surface area contributed by atoms with Gasteiger partial charge in [0.1, 0.15) is 0 Å². The van der Waals surface area contributed by atoms with E-state index < -0.39 is 10.0 Å². The van der Waals surface area contributed by atoms with E-state index >= 15 is 0 Å². The van der Waals surface area contributed by atoms with Crippen molar-refractivity contribution in [1.29, 1.82) is 0 Å². The van der Waals surface area contributed by atoms with Gasteiger partial charge < -0.3 is 0 Å². The van der Waals surface area contributed by atoms with Gasteiger partial charge in [0.25, 0.3) is 0 Å². The molecule has 134 valence electrons. The van der Waals surface area contributed by atoms with Crippen LogP contribution in [-0.4, -0.2) is 33.1 Å². The summed E-state index contributed by atoms with van der Waals surface area (Å²) in [5.74, 6) is 0.663. The molecule has 6 nitrogen and oxygen atoms in total. The zero-order valence-corrected chi connectivity index (χ0v) is 15.5. The fraction of sp³-hybridized carbons (Fsp3) is 0.333. The molecule has 0 N–H and O–H groups in total. The van der Waals surface area contributed by atoms with Gasteiger partial charge in [-0.25, -0.2) is 18.4 Å². The third-order valence-corrected chi connectivity index (χ3v) is 7.65. The number of halogens is 1. The second-order valence-corrected chi connectivity index (χ2v) is 9.13. The molecule has 2 atom stereocenters. The van der Waals surface area contributed by atoms with Crippen LogP contribution >= 0.6 is 11.6 Å². The van der Waals surface area contributed by atoms with Gasteiger partial charge in [-0.3, -0.25) is 4.40 Å². The molecule has 0 spiro atoms. The predicted octanol–water partition coefficient (Wildman–Crippen LogP) is 3.22. The highest BCUT2D eigenvalue weighted by molar-refractivity contribution is 7.89. The molecule has 3 aromatic rings. The van der Waals surface area contributed by atoms with Crippen molar-refractivity contribution in [3.8, 4) is 0 Å². The molecule has 8 heteroatoms. The summed E-state index contributed by atoms with van der Waals surface area (Å²) in [6.45, 7) is 0. The molecule has 0 amide bonds. The molecule has 0 saturated carbocycles. The van der Waals surface area contributed by atoms with E-state index in [0.29, 0.717) is 22.1 Å². The number of benzene rings is 1. The monoisotopic (exact) mass is 388 g/mol. The SMILES string of the molecule is O=S(=O)(c1ccc(Cl)cc1)N1C2CCCC1c1cnc3nccn3c1C2. The Kier molecular flexibility index (Phi) is 3.60. The third kappa shape index (κ3) is 2.31. The minimum atomic E-state index is -3.60. The Hall–Kier alpha value is -1.96. The van der Waals surface area contributed by atoms with Gasteiger partial charge in [-0.2, -0.15) is 4.31 Å². The number of piperidine rings is 1. The van der Waals surface area contributed by atoms with Gasteiger partial charge in [0.05, 0.1) is 10.9 Å². The van der Waals surface area contributed by atoms with Crippen LogP contribution in [0.3, 0.4) is 0 Å². The van der Waals surface area contributed by atoms with Crippen LogP contribution in [0.2, 0.25) is 5.02 Å². The van der Waals surface area contributed by atoms with E-state index in [2.05, 4.69) is 9.97 Å². The van der Waals surface area contributed by atoms with E-state index in [1.54, 1.807) is 41.0 Å². The van der Waals surface area contributed by atoms with Crippen molar-refractivity contribution in [2.75, 3.05) is 0 Å². The molecule has 2 aromatic heterocycles. The summed E-state index contributed by atoms with van der Waals surface area (Å²) in [5, 5.41) is 0.528. The van der Waals surface area contributed by atoms with Crippen molar-refractivity contribution in [3.05, 3.63) is 59.1 Å². The van der Waals surface area contributed by atoms with Gasteiger partial charge in [-0.05, 0) is 43.5 Å². The van der Waals surface area contributed by atoms with E-state index in [9.17, 15) is 8.42 Å². The normalized spacial score (nSPS) is 23.1. The van der Waals surface area contributed by atoms with Crippen LogP contribution in [0.4, 0.5) is 0 Å². The molecule has 0 radical (unpaired) electrons. The first-order chi connectivity index (χ1) is 12.6. The molecule has 4 heterocycles. The highest BCUT2D eigenvalue weighted by Gasteiger charge is 2.45. The van der Waals surface area contributed by atoms with Gasteiger partial charge in [-0.15, -0.1) is 0 Å². The summed E-state index contributed by atoms with van der Waals surface area (Å²) in [4.78, 5) is 8.96. The van der Waals surface area contributed by atoms with Crippen LogP contribution in [0.25, 0.3) is 5.78 Å². The summed E-state index contributed by atoms with van der Waals surface area (Å²) in [6.07, 6.45) is 8.79. The summed E-state index contributed by atoms with van der Waals surface area (Å²) in [7, 11) is -3.60. The highest BCUT2D eigenvalue weighted by Crippen LogP contribution is 2.44. The maximum atomic E-state index is 13.4. The van der Waals surface area contributed by atoms with Crippen LogP contribution in [0.5, 0.6) is 0 Å². The second kappa shape index (κ2) is 5.77. The van der Waals surface area contributed by atoms with E-state index in [-0.39, 0.29) is 12.1 Å². The van der Waals surface area contributed by atoms with E-state index in [1.165, 1.54) is 0 Å². The second-order valence-electron chi connectivity index (χ2n) is 6.85. The lowest BCUT2D eigenvalue weighted by Crippen LogP contribution is -2.50. The molecule has 1 fully saturated rings. The fourth-order valence-corrected chi connectivity index (χ4v) is 6.27. The topological polar surface area (TPSA) is 67.6 Å². The Labute approximate surface area is 156 Å². The highest BCUT2D eigenvalue weighted by atomic mass is 35.5. The summed E-state index contributed by atoms with van der Waals surface area (Å²) >= 11 is 5.93. The van der Waals surface area contributed by atoms with E-state index in [0.717, 1.165) is 30.5 Å². The molecule has 2 aliphatic rings. The average Bonchev–Trinajstić information content (AvgIpc) is 3.11. The number of hydrogen-bond donors (Lipinski definition) is 0. The zero-order chi connectivity index (χ0) is 17.9. The van der Waals surface area contributed by atoms with Crippen LogP contribution < -0.4 is 0 Å². The molecular formula is C18H17ClN4O2S. The van der Waals surface area contributed by atoms with Gasteiger partial charge >= 0.3 is 0 Å². The Morgan fingerprint density at radius 1 is 1.12 bits per heavy atom. The van der Waals surface area contributed by atoms with Gasteiger partial charge in [0.15, 0.2) is 0 Å². The first-order valence-corrected chi connectivity index (χ1v) is 10.5. The molecule has 2 unspecified atom stereocenters. The number of imidazole rings is 1. The molecule has 0 aliphatic carbocycles. The number of hydrogen-bond acceptors (Lipinski definition) is 4. The van der Waals surface area contributed by atoms with Crippen molar-refractivity contribution in [2.45, 2.75) is 42.7 Å². The zero-order valence-electron chi connectivity index (χ0n) is 13.9. The summed E-state index contributed by atoms with van der Waals surface area (Å²) < 4.78 is 30.5.